The SMILES string of the molecule is C=CCNc1oc(C(=O)O)cc1Br. The van der Waals surface area contributed by atoms with Crippen molar-refractivity contribution in [1.29, 1.82) is 0 Å². The van der Waals surface area contributed by atoms with Crippen LogP contribution in [0.4, 0.5) is 5.88 Å². The quantitative estimate of drug-likeness (QED) is 0.800. The molecule has 70 valence electrons. The first-order valence-corrected chi connectivity index (χ1v) is 4.32. The number of nitrogens with one attached hydrogen (secondary N) is 1. The molecule has 0 saturated carbocycles. The molecule has 2 N–H and O–H groups in total. The van der Waals surface area contributed by atoms with Crippen LogP contribution in [0.1, 0.15) is 10.6 Å². The van der Waals surface area contributed by atoms with Gasteiger partial charge in [0.05, 0.1) is 4.47 Å². The minimum atomic E-state index is -1.09. The maximum absolute atomic E-state index is 10.5. The second-order valence-electron chi connectivity index (χ2n) is 2.26. The van der Waals surface area contributed by atoms with Gasteiger partial charge in [0.15, 0.2) is 0 Å². The number of carboxylic acids is 1. The van der Waals surface area contributed by atoms with Gasteiger partial charge in [-0.15, -0.1) is 6.58 Å². The summed E-state index contributed by atoms with van der Waals surface area (Å²) in [6.07, 6.45) is 1.65. The van der Waals surface area contributed by atoms with Crippen molar-refractivity contribution >= 4 is 27.8 Å². The Balaban J connectivity index is 2.83. The van der Waals surface area contributed by atoms with Gasteiger partial charge in [-0.25, -0.2) is 4.79 Å². The molecule has 0 aromatic carbocycles. The van der Waals surface area contributed by atoms with E-state index in [9.17, 15) is 4.79 Å². The fourth-order valence-electron chi connectivity index (χ4n) is 0.760. The normalized spacial score (nSPS) is 9.62. The highest BCUT2D eigenvalue weighted by molar-refractivity contribution is 9.10. The summed E-state index contributed by atoms with van der Waals surface area (Å²) in [5.41, 5.74) is 0. The Kier molecular flexibility index (Phi) is 3.13. The van der Waals surface area contributed by atoms with Crippen LogP contribution in [0.2, 0.25) is 0 Å². The standard InChI is InChI=1S/C8H8BrNO3/c1-2-3-10-7-5(9)4-6(13-7)8(11)12/h2,4,10H,1,3H2,(H,11,12). The Hall–Kier alpha value is -1.23. The van der Waals surface area contributed by atoms with Crippen molar-refractivity contribution in [2.75, 3.05) is 11.9 Å². The fraction of sp³-hybridized carbons (Fsp3) is 0.125. The smallest absolute Gasteiger partial charge is 0.371 e. The summed E-state index contributed by atoms with van der Waals surface area (Å²) in [5, 5.41) is 11.4. The van der Waals surface area contributed by atoms with Crippen LogP contribution in [0.15, 0.2) is 27.6 Å². The summed E-state index contributed by atoms with van der Waals surface area (Å²) in [6, 6.07) is 1.40. The van der Waals surface area contributed by atoms with Gasteiger partial charge in [-0.2, -0.15) is 0 Å². The van der Waals surface area contributed by atoms with Crippen LogP contribution >= 0.6 is 15.9 Å². The Bertz CT molecular complexity index is 332. The molecule has 1 aromatic rings. The summed E-state index contributed by atoms with van der Waals surface area (Å²) < 4.78 is 5.56. The number of furan rings is 1. The minimum Gasteiger partial charge on any atom is -0.475 e. The van der Waals surface area contributed by atoms with Gasteiger partial charge in [0.25, 0.3) is 0 Å². The van der Waals surface area contributed by atoms with E-state index in [0.29, 0.717) is 16.9 Å². The van der Waals surface area contributed by atoms with Gasteiger partial charge < -0.3 is 14.8 Å². The Morgan fingerprint density at radius 2 is 2.54 bits per heavy atom. The summed E-state index contributed by atoms with van der Waals surface area (Å²) in [7, 11) is 0. The van der Waals surface area contributed by atoms with Crippen LogP contribution in [-0.2, 0) is 0 Å². The number of carbonyl (C=O) groups is 1. The van der Waals surface area contributed by atoms with Crippen LogP contribution < -0.4 is 5.32 Å². The average molecular weight is 246 g/mol. The van der Waals surface area contributed by atoms with Crippen molar-refractivity contribution in [1.82, 2.24) is 0 Å². The van der Waals surface area contributed by atoms with Crippen molar-refractivity contribution < 1.29 is 14.3 Å². The zero-order chi connectivity index (χ0) is 9.84. The molecule has 0 saturated heterocycles. The third kappa shape index (κ3) is 2.35. The molecule has 0 spiro atoms. The molecular weight excluding hydrogens is 238 g/mol. The first-order chi connectivity index (χ1) is 6.15. The number of hydrogen-bond donors (Lipinski definition) is 2. The molecule has 0 aliphatic carbocycles. The highest BCUT2D eigenvalue weighted by atomic mass is 79.9. The molecule has 1 aromatic heterocycles. The zero-order valence-corrected chi connectivity index (χ0v) is 8.30. The van der Waals surface area contributed by atoms with E-state index in [1.807, 2.05) is 0 Å². The maximum atomic E-state index is 10.5. The van der Waals surface area contributed by atoms with Crippen molar-refractivity contribution in [3.05, 3.63) is 29.0 Å². The number of carboxylic acid groups (broad SMARTS) is 1. The molecule has 0 fully saturated rings. The van der Waals surface area contributed by atoms with E-state index in [2.05, 4.69) is 27.8 Å². The van der Waals surface area contributed by atoms with E-state index in [0.717, 1.165) is 0 Å². The predicted octanol–water partition coefficient (Wildman–Crippen LogP) is 2.34. The van der Waals surface area contributed by atoms with Gasteiger partial charge in [0.2, 0.25) is 11.6 Å². The van der Waals surface area contributed by atoms with E-state index < -0.39 is 5.97 Å². The highest BCUT2D eigenvalue weighted by Crippen LogP contribution is 2.26. The van der Waals surface area contributed by atoms with E-state index in [1.54, 1.807) is 6.08 Å². The van der Waals surface area contributed by atoms with Gasteiger partial charge in [-0.3, -0.25) is 0 Å². The molecule has 0 bridgehead atoms. The molecule has 4 nitrogen and oxygen atoms in total. The predicted molar refractivity (Wildman–Crippen MR) is 52.1 cm³/mol. The van der Waals surface area contributed by atoms with Crippen molar-refractivity contribution in [3.8, 4) is 0 Å². The van der Waals surface area contributed by atoms with E-state index >= 15 is 0 Å². The molecule has 0 atom stereocenters. The van der Waals surface area contributed by atoms with E-state index in [4.69, 9.17) is 9.52 Å². The van der Waals surface area contributed by atoms with Crippen LogP contribution in [-0.4, -0.2) is 17.6 Å². The number of anilines is 1. The molecule has 0 aliphatic heterocycles. The van der Waals surface area contributed by atoms with Crippen molar-refractivity contribution in [2.24, 2.45) is 0 Å². The summed E-state index contributed by atoms with van der Waals surface area (Å²) >= 11 is 3.16. The topological polar surface area (TPSA) is 62.5 Å². The highest BCUT2D eigenvalue weighted by Gasteiger charge is 2.13. The van der Waals surface area contributed by atoms with Crippen LogP contribution in [0.25, 0.3) is 0 Å². The van der Waals surface area contributed by atoms with Gasteiger partial charge in [-0.1, -0.05) is 6.08 Å². The summed E-state index contributed by atoms with van der Waals surface area (Å²) in [4.78, 5) is 10.5. The lowest BCUT2D eigenvalue weighted by Gasteiger charge is -1.97. The first kappa shape index (κ1) is 9.85. The van der Waals surface area contributed by atoms with Gasteiger partial charge in [0.1, 0.15) is 0 Å². The Morgan fingerprint density at radius 3 is 3.00 bits per heavy atom. The second kappa shape index (κ2) is 4.13. The van der Waals surface area contributed by atoms with Gasteiger partial charge in [0, 0.05) is 12.6 Å². The number of aromatic carboxylic acids is 1. The summed E-state index contributed by atoms with van der Waals surface area (Å²) in [6.45, 7) is 4.03. The van der Waals surface area contributed by atoms with Crippen LogP contribution in [0.5, 0.6) is 0 Å². The monoisotopic (exact) mass is 245 g/mol. The van der Waals surface area contributed by atoms with Gasteiger partial charge in [-0.05, 0) is 15.9 Å². The molecule has 0 unspecified atom stereocenters. The Morgan fingerprint density at radius 1 is 1.85 bits per heavy atom. The molecule has 0 radical (unpaired) electrons. The molecule has 1 heterocycles. The molecule has 13 heavy (non-hydrogen) atoms. The molecular formula is C8H8BrNO3. The third-order valence-corrected chi connectivity index (χ3v) is 1.89. The largest absolute Gasteiger partial charge is 0.475 e. The lowest BCUT2D eigenvalue weighted by molar-refractivity contribution is 0.0663. The maximum Gasteiger partial charge on any atom is 0.371 e. The van der Waals surface area contributed by atoms with E-state index in [-0.39, 0.29) is 5.76 Å². The van der Waals surface area contributed by atoms with Crippen LogP contribution in [0, 0.1) is 0 Å². The second-order valence-corrected chi connectivity index (χ2v) is 3.12. The third-order valence-electron chi connectivity index (χ3n) is 1.30. The molecule has 1 rings (SSSR count). The van der Waals surface area contributed by atoms with Crippen LogP contribution in [0.3, 0.4) is 0 Å². The average Bonchev–Trinajstić information content (AvgIpc) is 2.44. The lowest BCUT2D eigenvalue weighted by atomic mass is 10.4. The van der Waals surface area contributed by atoms with Gasteiger partial charge >= 0.3 is 5.97 Å². The Labute approximate surface area is 83.4 Å². The van der Waals surface area contributed by atoms with Crippen molar-refractivity contribution in [2.45, 2.75) is 0 Å². The lowest BCUT2D eigenvalue weighted by Crippen LogP contribution is -1.96. The fourth-order valence-corrected chi connectivity index (χ4v) is 1.19. The first-order valence-electron chi connectivity index (χ1n) is 3.52. The number of hydrogen-bond acceptors (Lipinski definition) is 3. The molecule has 5 heteroatoms. The number of rotatable bonds is 4. The van der Waals surface area contributed by atoms with E-state index in [1.165, 1.54) is 6.07 Å². The minimum absolute atomic E-state index is 0.0987. The molecule has 0 amide bonds. The number of halogens is 1. The van der Waals surface area contributed by atoms with Crippen molar-refractivity contribution in [3.63, 3.8) is 0 Å². The summed E-state index contributed by atoms with van der Waals surface area (Å²) in [5.74, 6) is -0.789. The zero-order valence-electron chi connectivity index (χ0n) is 6.71. The molecule has 0 aliphatic rings.